The predicted molar refractivity (Wildman–Crippen MR) is 65.0 cm³/mol. The molecule has 2 nitrogen and oxygen atoms in total. The van der Waals surface area contributed by atoms with Gasteiger partial charge >= 0.3 is 0 Å². The van der Waals surface area contributed by atoms with Crippen molar-refractivity contribution >= 4 is 21.8 Å². The summed E-state index contributed by atoms with van der Waals surface area (Å²) in [4.78, 5) is 14.1. The molecule has 2 rings (SSSR count). The number of carbonyl (C=O) groups is 1. The maximum absolute atomic E-state index is 12.1. The summed E-state index contributed by atoms with van der Waals surface area (Å²) in [5, 5.41) is 0. The minimum absolute atomic E-state index is 0.0346. The molecule has 3 heteroatoms. The topological polar surface area (TPSA) is 20.3 Å². The van der Waals surface area contributed by atoms with Gasteiger partial charge < -0.3 is 4.90 Å². The lowest BCUT2D eigenvalue weighted by Crippen LogP contribution is -2.39. The van der Waals surface area contributed by atoms with E-state index in [2.05, 4.69) is 34.7 Å². The van der Waals surface area contributed by atoms with Crippen molar-refractivity contribution in [3.05, 3.63) is 0 Å². The summed E-state index contributed by atoms with van der Waals surface area (Å²) in [6, 6.07) is 0.521. The second-order valence-corrected chi connectivity index (χ2v) is 7.05. The summed E-state index contributed by atoms with van der Waals surface area (Å²) in [6.07, 6.45) is 3.80. The van der Waals surface area contributed by atoms with E-state index in [0.29, 0.717) is 11.5 Å². The number of carbonyl (C=O) groups excluding carboxylic acids is 1. The number of alkyl halides is 1. The van der Waals surface area contributed by atoms with Crippen molar-refractivity contribution in [1.29, 1.82) is 0 Å². The van der Waals surface area contributed by atoms with Crippen molar-refractivity contribution in [2.45, 2.75) is 50.9 Å². The molecule has 1 heterocycles. The van der Waals surface area contributed by atoms with E-state index in [1.54, 1.807) is 0 Å². The fourth-order valence-electron chi connectivity index (χ4n) is 3.37. The lowest BCUT2D eigenvalue weighted by molar-refractivity contribution is -0.131. The molecule has 0 radical (unpaired) electrons. The van der Waals surface area contributed by atoms with Crippen molar-refractivity contribution < 1.29 is 4.79 Å². The molecule has 0 aromatic heterocycles. The molecule has 1 saturated carbocycles. The highest BCUT2D eigenvalue weighted by molar-refractivity contribution is 9.10. The monoisotopic (exact) mass is 273 g/mol. The van der Waals surface area contributed by atoms with Gasteiger partial charge in [-0.3, -0.25) is 4.79 Å². The van der Waals surface area contributed by atoms with Crippen LogP contribution in [0.25, 0.3) is 0 Å². The van der Waals surface area contributed by atoms with Crippen molar-refractivity contribution in [2.75, 3.05) is 6.54 Å². The van der Waals surface area contributed by atoms with Gasteiger partial charge in [-0.25, -0.2) is 0 Å². The molecule has 3 unspecified atom stereocenters. The molecule has 86 valence electrons. The molecule has 0 N–H and O–H groups in total. The van der Waals surface area contributed by atoms with Crippen molar-refractivity contribution in [3.8, 4) is 0 Å². The van der Waals surface area contributed by atoms with Gasteiger partial charge in [0.25, 0.3) is 0 Å². The standard InChI is InChI=1S/C12H20BrNO/c1-8(13)11(15)14-7-12(2,3)9-5-4-6-10(9)14/h8-10H,4-7H2,1-3H3. The Bertz CT molecular complexity index is 275. The number of likely N-dealkylation sites (tertiary alicyclic amines) is 1. The van der Waals surface area contributed by atoms with Crippen LogP contribution in [0, 0.1) is 11.3 Å². The zero-order valence-electron chi connectivity index (χ0n) is 9.79. The Morgan fingerprint density at radius 2 is 2.13 bits per heavy atom. The number of hydrogen-bond donors (Lipinski definition) is 0. The van der Waals surface area contributed by atoms with Crippen LogP contribution in [0.3, 0.4) is 0 Å². The van der Waals surface area contributed by atoms with Crippen LogP contribution in [0.1, 0.15) is 40.0 Å². The third kappa shape index (κ3) is 1.83. The highest BCUT2D eigenvalue weighted by atomic mass is 79.9. The molecule has 1 aliphatic carbocycles. The molecule has 3 atom stereocenters. The van der Waals surface area contributed by atoms with Gasteiger partial charge in [-0.15, -0.1) is 0 Å². The largest absolute Gasteiger partial charge is 0.338 e. The number of fused-ring (bicyclic) bond motifs is 1. The highest BCUT2D eigenvalue weighted by Crippen LogP contribution is 2.48. The van der Waals surface area contributed by atoms with E-state index in [1.807, 2.05) is 6.92 Å². The molecule has 2 fully saturated rings. The van der Waals surface area contributed by atoms with E-state index < -0.39 is 0 Å². The lowest BCUT2D eigenvalue weighted by Gasteiger charge is -2.25. The van der Waals surface area contributed by atoms with Crippen LogP contribution in [0.4, 0.5) is 0 Å². The highest BCUT2D eigenvalue weighted by Gasteiger charge is 2.50. The molecule has 1 amide bonds. The fourth-order valence-corrected chi connectivity index (χ4v) is 3.63. The van der Waals surface area contributed by atoms with Gasteiger partial charge in [0.05, 0.1) is 4.83 Å². The van der Waals surface area contributed by atoms with E-state index in [9.17, 15) is 4.79 Å². The second-order valence-electron chi connectivity index (χ2n) is 5.68. The third-order valence-corrected chi connectivity index (χ3v) is 4.48. The van der Waals surface area contributed by atoms with Gasteiger partial charge in [-0.2, -0.15) is 0 Å². The summed E-state index contributed by atoms with van der Waals surface area (Å²) in [7, 11) is 0. The summed E-state index contributed by atoms with van der Waals surface area (Å²) in [6.45, 7) is 7.49. The first kappa shape index (κ1) is 11.4. The molecule has 0 bridgehead atoms. The van der Waals surface area contributed by atoms with Crippen molar-refractivity contribution in [3.63, 3.8) is 0 Å². The van der Waals surface area contributed by atoms with Crippen molar-refractivity contribution in [2.24, 2.45) is 11.3 Å². The van der Waals surface area contributed by atoms with Crippen LogP contribution in [-0.4, -0.2) is 28.2 Å². The van der Waals surface area contributed by atoms with Gasteiger partial charge in [-0.05, 0) is 31.1 Å². The van der Waals surface area contributed by atoms with Gasteiger partial charge in [-0.1, -0.05) is 36.2 Å². The quantitative estimate of drug-likeness (QED) is 0.673. The molecule has 1 aliphatic heterocycles. The Morgan fingerprint density at radius 1 is 1.47 bits per heavy atom. The Morgan fingerprint density at radius 3 is 2.73 bits per heavy atom. The smallest absolute Gasteiger partial charge is 0.236 e. The predicted octanol–water partition coefficient (Wildman–Crippen LogP) is 2.81. The Kier molecular flexibility index (Phi) is 2.87. The fraction of sp³-hybridized carbons (Fsp3) is 0.917. The van der Waals surface area contributed by atoms with Crippen LogP contribution in [0.2, 0.25) is 0 Å². The van der Waals surface area contributed by atoms with E-state index >= 15 is 0 Å². The molecular formula is C12H20BrNO. The normalized spacial score (nSPS) is 35.3. The van der Waals surface area contributed by atoms with E-state index in [0.717, 1.165) is 12.5 Å². The number of amides is 1. The Hall–Kier alpha value is -0.0500. The zero-order chi connectivity index (χ0) is 11.2. The molecule has 0 aromatic rings. The third-order valence-electron chi connectivity index (χ3n) is 4.08. The Labute approximate surface area is 101 Å². The first-order valence-electron chi connectivity index (χ1n) is 5.88. The first-order chi connectivity index (χ1) is 6.93. The number of rotatable bonds is 1. The lowest BCUT2D eigenvalue weighted by atomic mass is 9.80. The Balaban J connectivity index is 2.19. The number of hydrogen-bond acceptors (Lipinski definition) is 1. The van der Waals surface area contributed by atoms with Gasteiger partial charge in [0.2, 0.25) is 5.91 Å². The minimum atomic E-state index is -0.0346. The van der Waals surface area contributed by atoms with Crippen LogP contribution in [0.5, 0.6) is 0 Å². The molecule has 0 spiro atoms. The van der Waals surface area contributed by atoms with E-state index in [-0.39, 0.29) is 10.7 Å². The van der Waals surface area contributed by atoms with Gasteiger partial charge in [0.15, 0.2) is 0 Å². The summed E-state index contributed by atoms with van der Waals surface area (Å²) in [5.74, 6) is 1.00. The van der Waals surface area contributed by atoms with E-state index in [4.69, 9.17) is 0 Å². The van der Waals surface area contributed by atoms with Gasteiger partial charge in [0.1, 0.15) is 0 Å². The summed E-state index contributed by atoms with van der Waals surface area (Å²) < 4.78 is 0. The maximum Gasteiger partial charge on any atom is 0.236 e. The molecule has 2 aliphatic rings. The average Bonchev–Trinajstić information content (AvgIpc) is 2.68. The molecular weight excluding hydrogens is 254 g/mol. The molecule has 0 aromatic carbocycles. The van der Waals surface area contributed by atoms with Crippen molar-refractivity contribution in [1.82, 2.24) is 4.90 Å². The summed E-state index contributed by atoms with van der Waals surface area (Å²) in [5.41, 5.74) is 0.318. The van der Waals surface area contributed by atoms with Gasteiger partial charge in [0, 0.05) is 12.6 Å². The molecule has 15 heavy (non-hydrogen) atoms. The molecule has 1 saturated heterocycles. The minimum Gasteiger partial charge on any atom is -0.338 e. The average molecular weight is 274 g/mol. The van der Waals surface area contributed by atoms with E-state index in [1.165, 1.54) is 19.3 Å². The van der Waals surface area contributed by atoms with Crippen LogP contribution in [0.15, 0.2) is 0 Å². The zero-order valence-corrected chi connectivity index (χ0v) is 11.4. The first-order valence-corrected chi connectivity index (χ1v) is 6.79. The maximum atomic E-state index is 12.1. The van der Waals surface area contributed by atoms with Crippen LogP contribution in [-0.2, 0) is 4.79 Å². The number of halogens is 1. The van der Waals surface area contributed by atoms with Crippen LogP contribution < -0.4 is 0 Å². The SMILES string of the molecule is CC(Br)C(=O)N1CC(C)(C)C2CCCC21. The summed E-state index contributed by atoms with van der Waals surface area (Å²) >= 11 is 3.39. The number of nitrogens with zero attached hydrogens (tertiary/aromatic N) is 1. The second kappa shape index (κ2) is 3.76. The van der Waals surface area contributed by atoms with Crippen LogP contribution >= 0.6 is 15.9 Å².